The third-order valence-corrected chi connectivity index (χ3v) is 4.24. The average molecular weight is 426 g/mol. The third kappa shape index (κ3) is 9.33. The molecule has 0 fully saturated rings. The van der Waals surface area contributed by atoms with Crippen molar-refractivity contribution >= 4 is 23.6 Å². The third-order valence-electron chi connectivity index (χ3n) is 4.24. The van der Waals surface area contributed by atoms with Gasteiger partial charge in [-0.3, -0.25) is 9.59 Å². The monoisotopic (exact) mass is 425 g/mol. The maximum Gasteiger partial charge on any atom is 0.407 e. The average Bonchev–Trinajstić information content (AvgIpc) is 2.71. The lowest BCUT2D eigenvalue weighted by atomic mass is 10.1. The van der Waals surface area contributed by atoms with Crippen molar-refractivity contribution < 1.29 is 19.1 Å². The molecule has 0 radical (unpaired) electrons. The first-order valence-corrected chi connectivity index (χ1v) is 10.4. The summed E-state index contributed by atoms with van der Waals surface area (Å²) in [6.07, 6.45) is 0.882. The van der Waals surface area contributed by atoms with Crippen LogP contribution in [0.1, 0.15) is 49.5 Å². The van der Waals surface area contributed by atoms with Gasteiger partial charge in [-0.05, 0) is 51.3 Å². The van der Waals surface area contributed by atoms with Gasteiger partial charge in [0, 0.05) is 19.5 Å². The Labute approximate surface area is 183 Å². The molecule has 0 atom stereocenters. The molecule has 0 unspecified atom stereocenters. The molecule has 166 valence electrons. The number of hydrogen-bond acceptors (Lipinski definition) is 4. The normalized spacial score (nSPS) is 10.8. The molecule has 0 aromatic heterocycles. The van der Waals surface area contributed by atoms with E-state index < -0.39 is 11.7 Å². The highest BCUT2D eigenvalue weighted by atomic mass is 16.6. The van der Waals surface area contributed by atoms with Gasteiger partial charge in [-0.2, -0.15) is 0 Å². The van der Waals surface area contributed by atoms with Crippen LogP contribution in [-0.2, 0) is 16.0 Å². The Kier molecular flexibility index (Phi) is 9.06. The topological polar surface area (TPSA) is 96.5 Å². The standard InChI is InChI=1S/C24H31N3O4/c1-24(2,3)31-23(30)26-16-9-14-21(28)27-20-13-8-7-12-19(20)22(29)25-17-15-18-10-5-4-6-11-18/h4-8,10-13H,9,14-17H2,1-3H3,(H,25,29)(H,26,30)(H,27,28). The van der Waals surface area contributed by atoms with Crippen LogP contribution < -0.4 is 16.0 Å². The molecule has 2 aromatic rings. The zero-order valence-electron chi connectivity index (χ0n) is 18.4. The second-order valence-corrected chi connectivity index (χ2v) is 8.12. The Morgan fingerprint density at radius 2 is 1.55 bits per heavy atom. The fourth-order valence-corrected chi connectivity index (χ4v) is 2.82. The van der Waals surface area contributed by atoms with Crippen molar-refractivity contribution in [1.29, 1.82) is 0 Å². The first-order valence-electron chi connectivity index (χ1n) is 10.4. The lowest BCUT2D eigenvalue weighted by molar-refractivity contribution is -0.116. The van der Waals surface area contributed by atoms with Crippen LogP contribution in [0, 0.1) is 0 Å². The minimum absolute atomic E-state index is 0.208. The Balaban J connectivity index is 1.78. The highest BCUT2D eigenvalue weighted by molar-refractivity contribution is 6.03. The van der Waals surface area contributed by atoms with Crippen molar-refractivity contribution in [2.75, 3.05) is 18.4 Å². The van der Waals surface area contributed by atoms with Gasteiger partial charge in [0.1, 0.15) is 5.60 Å². The molecular formula is C24H31N3O4. The Bertz CT molecular complexity index is 876. The van der Waals surface area contributed by atoms with E-state index in [0.717, 1.165) is 12.0 Å². The molecule has 2 rings (SSSR count). The number of carbonyl (C=O) groups is 3. The van der Waals surface area contributed by atoms with Crippen molar-refractivity contribution in [2.24, 2.45) is 0 Å². The van der Waals surface area contributed by atoms with Gasteiger partial charge in [-0.1, -0.05) is 42.5 Å². The van der Waals surface area contributed by atoms with Crippen LogP contribution in [0.4, 0.5) is 10.5 Å². The van der Waals surface area contributed by atoms with Crippen LogP contribution in [-0.4, -0.2) is 36.6 Å². The number of ether oxygens (including phenoxy) is 1. The van der Waals surface area contributed by atoms with E-state index in [4.69, 9.17) is 4.74 Å². The molecule has 2 aromatic carbocycles. The van der Waals surface area contributed by atoms with E-state index in [2.05, 4.69) is 16.0 Å². The van der Waals surface area contributed by atoms with Crippen LogP contribution >= 0.6 is 0 Å². The van der Waals surface area contributed by atoms with Gasteiger partial charge in [0.15, 0.2) is 0 Å². The number of alkyl carbamates (subject to hydrolysis) is 1. The molecule has 31 heavy (non-hydrogen) atoms. The fraction of sp³-hybridized carbons (Fsp3) is 0.375. The summed E-state index contributed by atoms with van der Waals surface area (Å²) in [6.45, 7) is 6.19. The molecule has 0 heterocycles. The van der Waals surface area contributed by atoms with E-state index in [1.807, 2.05) is 30.3 Å². The van der Waals surface area contributed by atoms with Crippen molar-refractivity contribution in [3.63, 3.8) is 0 Å². The van der Waals surface area contributed by atoms with Crippen molar-refractivity contribution in [3.8, 4) is 0 Å². The molecule has 7 nitrogen and oxygen atoms in total. The predicted octanol–water partition coefficient (Wildman–Crippen LogP) is 3.90. The summed E-state index contributed by atoms with van der Waals surface area (Å²) in [4.78, 5) is 36.4. The highest BCUT2D eigenvalue weighted by Crippen LogP contribution is 2.15. The maximum atomic E-state index is 12.6. The van der Waals surface area contributed by atoms with Gasteiger partial charge in [0.25, 0.3) is 5.91 Å². The van der Waals surface area contributed by atoms with Gasteiger partial charge in [0.05, 0.1) is 11.3 Å². The quantitative estimate of drug-likeness (QED) is 0.531. The zero-order chi connectivity index (χ0) is 22.7. The molecular weight excluding hydrogens is 394 g/mol. The van der Waals surface area contributed by atoms with E-state index in [1.165, 1.54) is 0 Å². The van der Waals surface area contributed by atoms with E-state index >= 15 is 0 Å². The minimum atomic E-state index is -0.563. The molecule has 0 aliphatic carbocycles. The Hall–Kier alpha value is -3.35. The number of para-hydroxylation sites is 1. The van der Waals surface area contributed by atoms with Crippen LogP contribution in [0.5, 0.6) is 0 Å². The van der Waals surface area contributed by atoms with Crippen LogP contribution in [0.2, 0.25) is 0 Å². The largest absolute Gasteiger partial charge is 0.444 e. The molecule has 0 aliphatic heterocycles. The van der Waals surface area contributed by atoms with Gasteiger partial charge < -0.3 is 20.7 Å². The second kappa shape index (κ2) is 11.7. The van der Waals surface area contributed by atoms with Crippen molar-refractivity contribution in [1.82, 2.24) is 10.6 Å². The molecule has 0 aliphatic rings. The zero-order valence-corrected chi connectivity index (χ0v) is 18.4. The van der Waals surface area contributed by atoms with E-state index in [1.54, 1.807) is 45.0 Å². The summed E-state index contributed by atoms with van der Waals surface area (Å²) in [5.74, 6) is -0.464. The summed E-state index contributed by atoms with van der Waals surface area (Å²) < 4.78 is 5.15. The van der Waals surface area contributed by atoms with Crippen LogP contribution in [0.3, 0.4) is 0 Å². The SMILES string of the molecule is CC(C)(C)OC(=O)NCCCC(=O)Nc1ccccc1C(=O)NCCc1ccccc1. The predicted molar refractivity (Wildman–Crippen MR) is 121 cm³/mol. The first-order chi connectivity index (χ1) is 14.7. The second-order valence-electron chi connectivity index (χ2n) is 8.12. The minimum Gasteiger partial charge on any atom is -0.444 e. The number of rotatable bonds is 9. The lowest BCUT2D eigenvalue weighted by Crippen LogP contribution is -2.33. The number of amides is 3. The fourth-order valence-electron chi connectivity index (χ4n) is 2.82. The van der Waals surface area contributed by atoms with Crippen LogP contribution in [0.25, 0.3) is 0 Å². The van der Waals surface area contributed by atoms with Gasteiger partial charge in [-0.25, -0.2) is 4.79 Å². The smallest absolute Gasteiger partial charge is 0.407 e. The van der Waals surface area contributed by atoms with Crippen molar-refractivity contribution in [2.45, 2.75) is 45.6 Å². The number of anilines is 1. The molecule has 3 N–H and O–H groups in total. The number of carbonyl (C=O) groups excluding carboxylic acids is 3. The summed E-state index contributed by atoms with van der Waals surface area (Å²) in [7, 11) is 0. The van der Waals surface area contributed by atoms with Gasteiger partial charge >= 0.3 is 6.09 Å². The molecule has 7 heteroatoms. The van der Waals surface area contributed by atoms with E-state index in [9.17, 15) is 14.4 Å². The molecule has 3 amide bonds. The molecule has 0 saturated heterocycles. The van der Waals surface area contributed by atoms with Crippen molar-refractivity contribution in [3.05, 3.63) is 65.7 Å². The van der Waals surface area contributed by atoms with E-state index in [-0.39, 0.29) is 18.2 Å². The van der Waals surface area contributed by atoms with Gasteiger partial charge in [0.2, 0.25) is 5.91 Å². The summed E-state index contributed by atoms with van der Waals surface area (Å²) >= 11 is 0. The first kappa shape index (κ1) is 23.9. The summed E-state index contributed by atoms with van der Waals surface area (Å²) in [5, 5.41) is 8.29. The number of nitrogens with one attached hydrogen (secondary N) is 3. The van der Waals surface area contributed by atoms with Crippen LogP contribution in [0.15, 0.2) is 54.6 Å². The van der Waals surface area contributed by atoms with Gasteiger partial charge in [-0.15, -0.1) is 0 Å². The highest BCUT2D eigenvalue weighted by Gasteiger charge is 2.16. The van der Waals surface area contributed by atoms with E-state index in [0.29, 0.717) is 30.8 Å². The summed E-state index contributed by atoms with van der Waals surface area (Å²) in [5.41, 5.74) is 1.46. The number of hydrogen-bond donors (Lipinski definition) is 3. The molecule has 0 spiro atoms. The Morgan fingerprint density at radius 3 is 2.26 bits per heavy atom. The lowest BCUT2D eigenvalue weighted by Gasteiger charge is -2.19. The summed E-state index contributed by atoms with van der Waals surface area (Å²) in [6, 6.07) is 16.8. The maximum absolute atomic E-state index is 12.6. The Morgan fingerprint density at radius 1 is 0.871 bits per heavy atom. The number of benzene rings is 2. The molecule has 0 saturated carbocycles. The molecule has 0 bridgehead atoms.